The molecule has 0 aliphatic rings. The van der Waals surface area contributed by atoms with Crippen molar-refractivity contribution in [1.82, 2.24) is 0 Å². The summed E-state index contributed by atoms with van der Waals surface area (Å²) in [6.45, 7) is 0. The van der Waals surface area contributed by atoms with E-state index in [-0.39, 0.29) is 45.1 Å². The van der Waals surface area contributed by atoms with Gasteiger partial charge < -0.3 is 0 Å². The molecule has 0 atom stereocenters. The van der Waals surface area contributed by atoms with Gasteiger partial charge in [0.1, 0.15) is 0 Å². The summed E-state index contributed by atoms with van der Waals surface area (Å²) < 4.78 is 16.8. The monoisotopic (exact) mass is 307 g/mol. The van der Waals surface area contributed by atoms with Gasteiger partial charge in [0.2, 0.25) is 0 Å². The van der Waals surface area contributed by atoms with E-state index in [2.05, 4.69) is 0 Å². The fourth-order valence-corrected chi connectivity index (χ4v) is 0. The molecule has 5 heavy (non-hydrogen) atoms. The summed E-state index contributed by atoms with van der Waals surface area (Å²) in [6.07, 6.45) is 0. The summed E-state index contributed by atoms with van der Waals surface area (Å²) in [7, 11) is 0. The molecule has 0 bridgehead atoms. The van der Waals surface area contributed by atoms with Crippen LogP contribution in [0.5, 0.6) is 0 Å². The first-order valence-electron chi connectivity index (χ1n) is 0.309. The van der Waals surface area contributed by atoms with Crippen molar-refractivity contribution in [1.29, 1.82) is 0 Å². The molecule has 0 amide bonds. The van der Waals surface area contributed by atoms with Crippen molar-refractivity contribution in [3.8, 4) is 0 Å². The van der Waals surface area contributed by atoms with Crippen molar-refractivity contribution < 1.29 is 22.5 Å². The Hall–Kier alpha value is 1.60. The van der Waals surface area contributed by atoms with Crippen molar-refractivity contribution in [2.24, 2.45) is 0 Å². The molecule has 5 heteroatoms. The van der Waals surface area contributed by atoms with Gasteiger partial charge in [0.05, 0.1) is 0 Å². The van der Waals surface area contributed by atoms with Crippen LogP contribution in [0, 0.1) is 0 Å². The van der Waals surface area contributed by atoms with Crippen LogP contribution in [0.3, 0.4) is 0 Å². The molecule has 2 nitrogen and oxygen atoms in total. The van der Waals surface area contributed by atoms with Gasteiger partial charge in [-0.15, -0.1) is 0 Å². The van der Waals surface area contributed by atoms with Crippen LogP contribution in [0.25, 0.3) is 0 Å². The molecule has 0 saturated carbocycles. The summed E-state index contributed by atoms with van der Waals surface area (Å²) in [5.41, 5.74) is 0. The summed E-state index contributed by atoms with van der Waals surface area (Å²) in [5, 5.41) is 0. The first-order valence-corrected chi connectivity index (χ1v) is 1.27. The van der Waals surface area contributed by atoms with E-state index < -0.39 is 14.8 Å². The molecule has 0 N–H and O–H groups in total. The van der Waals surface area contributed by atoms with E-state index in [4.69, 9.17) is 7.67 Å². The molecule has 0 aliphatic carbocycles. The molecule has 0 saturated heterocycles. The van der Waals surface area contributed by atoms with Crippen LogP contribution in [-0.2, 0) is 22.5 Å². The SMILES string of the molecule is [BiH3].[LiH].[O]=[Mn]=[O]. The van der Waals surface area contributed by atoms with Gasteiger partial charge in [-0.2, -0.15) is 0 Å². The predicted octanol–water partition coefficient (Wildman–Crippen LogP) is -2.07. The minimum absolute atomic E-state index is 0. The van der Waals surface area contributed by atoms with Crippen molar-refractivity contribution in [3.63, 3.8) is 0 Å². The Labute approximate surface area is 66.9 Å². The van der Waals surface area contributed by atoms with E-state index in [1.165, 1.54) is 0 Å². The van der Waals surface area contributed by atoms with E-state index in [9.17, 15) is 0 Å². The molecular weight excluding hydrogens is 303 g/mol. The van der Waals surface area contributed by atoms with Gasteiger partial charge in [-0.1, -0.05) is 0 Å². The topological polar surface area (TPSA) is 34.1 Å². The van der Waals surface area contributed by atoms with Crippen LogP contribution >= 0.6 is 0 Å². The normalized spacial score (nSPS) is 2.40. The molecule has 0 spiro atoms. The third-order valence-corrected chi connectivity index (χ3v) is 0. The average Bonchev–Trinajstić information content (AvgIpc) is 0.918. The zero-order chi connectivity index (χ0) is 2.71. The average molecular weight is 307 g/mol. The first kappa shape index (κ1) is 16.0. The quantitative estimate of drug-likeness (QED) is 0.482. The fourth-order valence-electron chi connectivity index (χ4n) is 0. The summed E-state index contributed by atoms with van der Waals surface area (Å²) in [4.78, 5) is 0. The van der Waals surface area contributed by atoms with Gasteiger partial charge in [0.15, 0.2) is 0 Å². The Morgan fingerprint density at radius 1 is 1.20 bits per heavy atom. The third-order valence-electron chi connectivity index (χ3n) is 0. The van der Waals surface area contributed by atoms with Gasteiger partial charge in [0.25, 0.3) is 0 Å². The molecular formula is H4BiLiMnO2. The van der Waals surface area contributed by atoms with Crippen molar-refractivity contribution in [2.45, 2.75) is 0 Å². The molecule has 0 radical (unpaired) electrons. The Morgan fingerprint density at radius 3 is 1.20 bits per heavy atom. The van der Waals surface area contributed by atoms with E-state index in [0.29, 0.717) is 0 Å². The van der Waals surface area contributed by atoms with E-state index in [1.807, 2.05) is 0 Å². The van der Waals surface area contributed by atoms with Gasteiger partial charge in [0, 0.05) is 0 Å². The Bertz CT molecular complexity index is 30.6. The minimum atomic E-state index is -1.44. The summed E-state index contributed by atoms with van der Waals surface area (Å²) in [5.74, 6) is 0. The van der Waals surface area contributed by atoms with Crippen molar-refractivity contribution in [3.05, 3.63) is 0 Å². The van der Waals surface area contributed by atoms with Gasteiger partial charge in [-0.05, 0) is 0 Å². The molecule has 0 heterocycles. The Morgan fingerprint density at radius 2 is 1.20 bits per heavy atom. The summed E-state index contributed by atoms with van der Waals surface area (Å²) in [6, 6.07) is 0. The maximum atomic E-state index is 8.41. The van der Waals surface area contributed by atoms with Crippen molar-refractivity contribution in [2.75, 3.05) is 0 Å². The number of hydrogen-bond donors (Lipinski definition) is 0. The van der Waals surface area contributed by atoms with Crippen LogP contribution in [0.4, 0.5) is 0 Å². The van der Waals surface area contributed by atoms with Crippen LogP contribution < -0.4 is 0 Å². The van der Waals surface area contributed by atoms with Crippen LogP contribution in [0.2, 0.25) is 0 Å². The van der Waals surface area contributed by atoms with Crippen LogP contribution in [0.15, 0.2) is 0 Å². The molecule has 0 aromatic heterocycles. The van der Waals surface area contributed by atoms with Gasteiger partial charge in [-0.25, -0.2) is 0 Å². The molecule has 0 aliphatic heterocycles. The zero-order valence-electron chi connectivity index (χ0n) is 1.90. The molecule has 0 aromatic rings. The second kappa shape index (κ2) is 17.5. The summed E-state index contributed by atoms with van der Waals surface area (Å²) >= 11 is -1.44. The molecule has 0 fully saturated rings. The fraction of sp³-hybridized carbons (Fsp3) is 0. The molecule has 0 aromatic carbocycles. The third kappa shape index (κ3) is 28.3. The second-order valence-electron chi connectivity index (χ2n) is 0.0630. The van der Waals surface area contributed by atoms with Crippen LogP contribution in [0.1, 0.15) is 0 Å². The van der Waals surface area contributed by atoms with Crippen molar-refractivity contribution >= 4 is 45.1 Å². The number of rotatable bonds is 0. The number of hydrogen-bond acceptors (Lipinski definition) is 2. The maximum absolute atomic E-state index is 8.41. The van der Waals surface area contributed by atoms with Crippen LogP contribution in [-0.4, -0.2) is 45.1 Å². The van der Waals surface area contributed by atoms with E-state index >= 15 is 0 Å². The zero-order valence-corrected chi connectivity index (χ0v) is 8.58. The molecule has 0 unspecified atom stereocenters. The van der Waals surface area contributed by atoms with E-state index in [1.54, 1.807) is 0 Å². The molecule has 29 valence electrons. The standard InChI is InChI=1S/Bi.Li.Mn.2O.4H. The first-order chi connectivity index (χ1) is 1.41. The van der Waals surface area contributed by atoms with E-state index in [0.717, 1.165) is 0 Å². The second-order valence-corrected chi connectivity index (χ2v) is 0.260. The Balaban J connectivity index is -0.0000000200. The Kier molecular flexibility index (Phi) is 56.0. The van der Waals surface area contributed by atoms with Gasteiger partial charge >= 0.3 is 67.6 Å². The van der Waals surface area contributed by atoms with Gasteiger partial charge in [-0.3, -0.25) is 0 Å². The predicted molar refractivity (Wildman–Crippen MR) is 18.5 cm³/mol. The molecule has 0 rings (SSSR count).